The molecule has 2 aromatic rings. The molecular formula is C15H18N2O3S2. The summed E-state index contributed by atoms with van der Waals surface area (Å²) in [4.78, 5) is 0. The Labute approximate surface area is 134 Å². The lowest BCUT2D eigenvalue weighted by atomic mass is 9.85. The van der Waals surface area contributed by atoms with Crippen molar-refractivity contribution in [2.24, 2.45) is 5.92 Å². The summed E-state index contributed by atoms with van der Waals surface area (Å²) in [6, 6.07) is 10.7. The third-order valence-electron chi connectivity index (χ3n) is 3.91. The predicted octanol–water partition coefficient (Wildman–Crippen LogP) is 3.15. The molecule has 0 spiro atoms. The zero-order valence-electron chi connectivity index (χ0n) is 12.3. The summed E-state index contributed by atoms with van der Waals surface area (Å²) in [7, 11) is -2.12. The Morgan fingerprint density at radius 3 is 2.59 bits per heavy atom. The summed E-state index contributed by atoms with van der Waals surface area (Å²) in [6.45, 7) is 0.520. The first-order valence-corrected chi connectivity index (χ1v) is 9.41. The number of methoxy groups -OCH3 is 1. The van der Waals surface area contributed by atoms with E-state index in [1.807, 2.05) is 30.3 Å². The summed E-state index contributed by atoms with van der Waals surface area (Å²) in [5.41, 5.74) is 0.696. The first kappa shape index (κ1) is 15.3. The molecule has 0 unspecified atom stereocenters. The molecule has 1 heterocycles. The average Bonchev–Trinajstić information content (AvgIpc) is 2.96. The maximum absolute atomic E-state index is 13.0. The van der Waals surface area contributed by atoms with Crippen LogP contribution < -0.4 is 9.04 Å². The molecule has 1 aromatic heterocycles. The van der Waals surface area contributed by atoms with Crippen LogP contribution >= 0.6 is 11.5 Å². The first-order valence-electron chi connectivity index (χ1n) is 7.20. The predicted molar refractivity (Wildman–Crippen MR) is 87.0 cm³/mol. The van der Waals surface area contributed by atoms with Crippen molar-refractivity contribution < 1.29 is 13.2 Å². The molecule has 0 bridgehead atoms. The molecule has 7 heteroatoms. The van der Waals surface area contributed by atoms with Gasteiger partial charge in [-0.1, -0.05) is 24.6 Å². The number of rotatable bonds is 6. The lowest BCUT2D eigenvalue weighted by Gasteiger charge is -2.32. The van der Waals surface area contributed by atoms with Crippen LogP contribution in [0.2, 0.25) is 0 Å². The van der Waals surface area contributed by atoms with Gasteiger partial charge in [-0.15, -0.1) is 0 Å². The van der Waals surface area contributed by atoms with Gasteiger partial charge in [-0.05, 0) is 42.4 Å². The lowest BCUT2D eigenvalue weighted by Crippen LogP contribution is -2.37. The van der Waals surface area contributed by atoms with Crippen LogP contribution in [0.15, 0.2) is 40.6 Å². The van der Waals surface area contributed by atoms with E-state index in [1.165, 1.54) is 23.9 Å². The van der Waals surface area contributed by atoms with E-state index in [4.69, 9.17) is 4.74 Å². The van der Waals surface area contributed by atoms with Gasteiger partial charge >= 0.3 is 0 Å². The van der Waals surface area contributed by atoms with Crippen molar-refractivity contribution in [3.63, 3.8) is 0 Å². The minimum absolute atomic E-state index is 0.215. The second-order valence-electron chi connectivity index (χ2n) is 5.36. The van der Waals surface area contributed by atoms with Crippen molar-refractivity contribution in [3.05, 3.63) is 36.4 Å². The summed E-state index contributed by atoms with van der Waals surface area (Å²) in [6.07, 6.45) is 3.36. The molecule has 1 aliphatic rings. The number of ether oxygens (including phenoxy) is 1. The number of nitrogens with zero attached hydrogens (tertiary/aromatic N) is 2. The molecule has 1 aliphatic carbocycles. The molecule has 0 atom stereocenters. The van der Waals surface area contributed by atoms with Crippen molar-refractivity contribution in [2.45, 2.75) is 23.5 Å². The highest BCUT2D eigenvalue weighted by atomic mass is 32.2. The number of sulfonamides is 1. The zero-order chi connectivity index (χ0) is 15.6. The van der Waals surface area contributed by atoms with Crippen molar-refractivity contribution in [1.82, 2.24) is 4.37 Å². The van der Waals surface area contributed by atoms with Gasteiger partial charge in [0.05, 0.1) is 12.8 Å². The molecule has 1 saturated carbocycles. The van der Waals surface area contributed by atoms with Gasteiger partial charge in [0.2, 0.25) is 5.88 Å². The summed E-state index contributed by atoms with van der Waals surface area (Å²) < 4.78 is 36.7. The molecule has 1 fully saturated rings. The molecule has 22 heavy (non-hydrogen) atoms. The number of para-hydroxylation sites is 1. The molecule has 0 aliphatic heterocycles. The van der Waals surface area contributed by atoms with Crippen LogP contribution in [0.25, 0.3) is 0 Å². The summed E-state index contributed by atoms with van der Waals surface area (Å²) >= 11 is 0.952. The van der Waals surface area contributed by atoms with Gasteiger partial charge in [0, 0.05) is 12.6 Å². The summed E-state index contributed by atoms with van der Waals surface area (Å²) in [5, 5.41) is 0. The highest BCUT2D eigenvalue weighted by molar-refractivity contribution is 7.94. The van der Waals surface area contributed by atoms with Crippen LogP contribution in [-0.4, -0.2) is 26.4 Å². The highest BCUT2D eigenvalue weighted by Gasteiger charge is 2.31. The number of benzene rings is 1. The van der Waals surface area contributed by atoms with Crippen LogP contribution in [0.4, 0.5) is 5.69 Å². The number of hydrogen-bond acceptors (Lipinski definition) is 5. The Bertz CT molecular complexity index is 724. The normalized spacial score (nSPS) is 15.3. The van der Waals surface area contributed by atoms with Crippen molar-refractivity contribution in [3.8, 4) is 5.88 Å². The van der Waals surface area contributed by atoms with Gasteiger partial charge in [-0.2, -0.15) is 4.37 Å². The topological polar surface area (TPSA) is 59.5 Å². The Morgan fingerprint density at radius 1 is 1.32 bits per heavy atom. The standard InChI is InChI=1S/C15H18N2O3S2/c1-20-14-10-15(21-16-14)22(18,19)17(11-12-6-5-7-12)13-8-3-2-4-9-13/h2-4,8-10,12H,5-7,11H2,1H3. The molecule has 0 N–H and O–H groups in total. The van der Waals surface area contributed by atoms with Crippen molar-refractivity contribution in [1.29, 1.82) is 0 Å². The maximum Gasteiger partial charge on any atom is 0.275 e. The van der Waals surface area contributed by atoms with Crippen LogP contribution in [0, 0.1) is 5.92 Å². The largest absolute Gasteiger partial charge is 0.480 e. The quantitative estimate of drug-likeness (QED) is 0.812. The Morgan fingerprint density at radius 2 is 2.05 bits per heavy atom. The Kier molecular flexibility index (Phi) is 4.35. The van der Waals surface area contributed by atoms with Crippen LogP contribution in [0.1, 0.15) is 19.3 Å². The minimum atomic E-state index is -3.61. The van der Waals surface area contributed by atoms with Crippen molar-refractivity contribution in [2.75, 3.05) is 18.0 Å². The fourth-order valence-corrected chi connectivity index (χ4v) is 4.91. The third-order valence-corrected chi connectivity index (χ3v) is 6.90. The molecular weight excluding hydrogens is 320 g/mol. The highest BCUT2D eigenvalue weighted by Crippen LogP contribution is 2.33. The SMILES string of the molecule is COc1cc(S(=O)(=O)N(CC2CCC2)c2ccccc2)sn1. The van der Waals surface area contributed by atoms with Gasteiger partial charge < -0.3 is 4.74 Å². The van der Waals surface area contributed by atoms with E-state index in [9.17, 15) is 8.42 Å². The van der Waals surface area contributed by atoms with E-state index < -0.39 is 10.0 Å². The van der Waals surface area contributed by atoms with E-state index in [1.54, 1.807) is 0 Å². The van der Waals surface area contributed by atoms with Gasteiger partial charge in [0.25, 0.3) is 10.0 Å². The Hall–Kier alpha value is -1.60. The van der Waals surface area contributed by atoms with Gasteiger partial charge in [-0.3, -0.25) is 4.31 Å². The van der Waals surface area contributed by atoms with Crippen LogP contribution in [0.3, 0.4) is 0 Å². The average molecular weight is 338 g/mol. The maximum atomic E-state index is 13.0. The zero-order valence-corrected chi connectivity index (χ0v) is 13.9. The number of anilines is 1. The molecule has 1 aromatic carbocycles. The monoisotopic (exact) mass is 338 g/mol. The van der Waals surface area contributed by atoms with E-state index in [2.05, 4.69) is 4.37 Å². The molecule has 5 nitrogen and oxygen atoms in total. The molecule has 0 amide bonds. The van der Waals surface area contributed by atoms with Gasteiger partial charge in [0.15, 0.2) is 4.21 Å². The second-order valence-corrected chi connectivity index (χ2v) is 8.25. The van der Waals surface area contributed by atoms with Gasteiger partial charge in [-0.25, -0.2) is 8.42 Å². The van der Waals surface area contributed by atoms with Crippen molar-refractivity contribution >= 4 is 27.2 Å². The van der Waals surface area contributed by atoms with E-state index >= 15 is 0 Å². The molecule has 0 saturated heterocycles. The van der Waals surface area contributed by atoms with E-state index in [-0.39, 0.29) is 4.21 Å². The smallest absolute Gasteiger partial charge is 0.275 e. The van der Waals surface area contributed by atoms with Crippen LogP contribution in [0.5, 0.6) is 5.88 Å². The van der Waals surface area contributed by atoms with E-state index in [0.29, 0.717) is 24.0 Å². The van der Waals surface area contributed by atoms with Crippen LogP contribution in [-0.2, 0) is 10.0 Å². The van der Waals surface area contributed by atoms with Gasteiger partial charge in [0.1, 0.15) is 0 Å². The molecule has 0 radical (unpaired) electrons. The summed E-state index contributed by atoms with van der Waals surface area (Å²) in [5.74, 6) is 0.769. The fourth-order valence-electron chi connectivity index (χ4n) is 2.42. The lowest BCUT2D eigenvalue weighted by molar-refractivity contribution is 0.326. The van der Waals surface area contributed by atoms with E-state index in [0.717, 1.165) is 24.4 Å². The molecule has 3 rings (SSSR count). The first-order chi connectivity index (χ1) is 10.6. The third kappa shape index (κ3) is 2.96. The fraction of sp³-hybridized carbons (Fsp3) is 0.400. The number of hydrogen-bond donors (Lipinski definition) is 0. The molecule has 118 valence electrons. The minimum Gasteiger partial charge on any atom is -0.480 e. The number of aromatic nitrogens is 1. The Balaban J connectivity index is 1.96. The second kappa shape index (κ2) is 6.26.